The topological polar surface area (TPSA) is 92.3 Å². The zero-order valence-electron chi connectivity index (χ0n) is 16.0. The third-order valence-electron chi connectivity index (χ3n) is 4.88. The molecule has 1 aromatic heterocycles. The highest BCUT2D eigenvalue weighted by Crippen LogP contribution is 2.28. The number of nitrogens with zero attached hydrogens (tertiary/aromatic N) is 1. The molecule has 1 aliphatic carbocycles. The largest absolute Gasteiger partial charge is 0.465 e. The van der Waals surface area contributed by atoms with Crippen LogP contribution < -0.4 is 5.32 Å². The number of furan rings is 1. The fourth-order valence-corrected chi connectivity index (χ4v) is 3.59. The highest BCUT2D eigenvalue weighted by molar-refractivity contribution is 6.33. The highest BCUT2D eigenvalue weighted by Gasteiger charge is 2.19. The number of hydrogen-bond acceptors (Lipinski definition) is 5. The van der Waals surface area contributed by atoms with Crippen LogP contribution in [0.4, 0.5) is 0 Å². The summed E-state index contributed by atoms with van der Waals surface area (Å²) >= 11 is 6.15. The summed E-state index contributed by atoms with van der Waals surface area (Å²) in [5.41, 5.74) is 0.916. The van der Waals surface area contributed by atoms with Gasteiger partial charge in [0.1, 0.15) is 23.2 Å². The second kappa shape index (κ2) is 9.44. The van der Waals surface area contributed by atoms with E-state index in [1.54, 1.807) is 30.3 Å². The summed E-state index contributed by atoms with van der Waals surface area (Å²) in [6, 6.07) is 10.3. The lowest BCUT2D eigenvalue weighted by molar-refractivity contribution is -0.117. The molecule has 1 amide bonds. The van der Waals surface area contributed by atoms with Crippen LogP contribution >= 0.6 is 11.6 Å². The number of halogens is 1. The Bertz CT molecular complexity index is 981. The van der Waals surface area contributed by atoms with E-state index in [1.165, 1.54) is 19.6 Å². The second-order valence-corrected chi connectivity index (χ2v) is 7.27. The van der Waals surface area contributed by atoms with Crippen molar-refractivity contribution in [2.75, 3.05) is 7.11 Å². The SMILES string of the molecule is COC(=O)c1ccc(-c2ccc(/C=C(/C#N)C(=O)NC3CCCCC3)o2)cc1Cl. The van der Waals surface area contributed by atoms with Crippen molar-refractivity contribution < 1.29 is 18.7 Å². The first-order valence-corrected chi connectivity index (χ1v) is 9.80. The molecular weight excluding hydrogens is 392 g/mol. The minimum Gasteiger partial charge on any atom is -0.465 e. The van der Waals surface area contributed by atoms with Crippen LogP contribution in [0.3, 0.4) is 0 Å². The van der Waals surface area contributed by atoms with Crippen molar-refractivity contribution in [3.63, 3.8) is 0 Å². The number of nitriles is 1. The lowest BCUT2D eigenvalue weighted by Gasteiger charge is -2.22. The minimum atomic E-state index is -0.521. The Morgan fingerprint density at radius 1 is 1.24 bits per heavy atom. The average molecular weight is 413 g/mol. The summed E-state index contributed by atoms with van der Waals surface area (Å²) in [5.74, 6) is -0.0295. The van der Waals surface area contributed by atoms with Crippen molar-refractivity contribution in [2.45, 2.75) is 38.1 Å². The first-order chi connectivity index (χ1) is 14.0. The van der Waals surface area contributed by atoms with E-state index in [9.17, 15) is 14.9 Å². The van der Waals surface area contributed by atoms with Gasteiger partial charge in [-0.2, -0.15) is 5.26 Å². The normalized spacial score (nSPS) is 14.9. The molecule has 150 valence electrons. The van der Waals surface area contributed by atoms with Crippen LogP contribution in [0.2, 0.25) is 5.02 Å². The third kappa shape index (κ3) is 5.07. The van der Waals surface area contributed by atoms with Gasteiger partial charge in [-0.1, -0.05) is 36.9 Å². The van der Waals surface area contributed by atoms with Gasteiger partial charge in [-0.05, 0) is 37.1 Å². The Kier molecular flexibility index (Phi) is 6.73. The number of carbonyl (C=O) groups excluding carboxylic acids is 2. The van der Waals surface area contributed by atoms with Crippen LogP contribution in [0.1, 0.15) is 48.2 Å². The Morgan fingerprint density at radius 2 is 2.00 bits per heavy atom. The maximum Gasteiger partial charge on any atom is 0.339 e. The van der Waals surface area contributed by atoms with Gasteiger partial charge in [-0.15, -0.1) is 0 Å². The predicted octanol–water partition coefficient (Wildman–Crippen LogP) is 4.74. The minimum absolute atomic E-state index is 0.00412. The van der Waals surface area contributed by atoms with Crippen LogP contribution in [0.15, 0.2) is 40.3 Å². The monoisotopic (exact) mass is 412 g/mol. The van der Waals surface area contributed by atoms with Crippen molar-refractivity contribution in [1.29, 1.82) is 5.26 Å². The van der Waals surface area contributed by atoms with Crippen LogP contribution in [-0.4, -0.2) is 25.0 Å². The Morgan fingerprint density at radius 3 is 2.66 bits per heavy atom. The number of nitrogens with one attached hydrogen (secondary N) is 1. The zero-order chi connectivity index (χ0) is 20.8. The number of amides is 1. The molecule has 7 heteroatoms. The Hall–Kier alpha value is -3.04. The summed E-state index contributed by atoms with van der Waals surface area (Å²) in [4.78, 5) is 24.0. The second-order valence-electron chi connectivity index (χ2n) is 6.87. The number of rotatable bonds is 5. The molecule has 29 heavy (non-hydrogen) atoms. The lowest BCUT2D eigenvalue weighted by Crippen LogP contribution is -2.36. The fraction of sp³-hybridized carbons (Fsp3) is 0.318. The fourth-order valence-electron chi connectivity index (χ4n) is 3.33. The van der Waals surface area contributed by atoms with Crippen molar-refractivity contribution in [3.05, 3.63) is 52.3 Å². The molecular formula is C22H21ClN2O4. The molecule has 0 radical (unpaired) electrons. The Labute approximate surface area is 174 Å². The van der Waals surface area contributed by atoms with Crippen molar-refractivity contribution in [2.24, 2.45) is 0 Å². The van der Waals surface area contributed by atoms with Gasteiger partial charge in [0.25, 0.3) is 5.91 Å². The molecule has 1 fully saturated rings. The van der Waals surface area contributed by atoms with Gasteiger partial charge >= 0.3 is 5.97 Å². The van der Waals surface area contributed by atoms with E-state index in [-0.39, 0.29) is 28.1 Å². The van der Waals surface area contributed by atoms with Crippen molar-refractivity contribution in [1.82, 2.24) is 5.32 Å². The number of hydrogen-bond donors (Lipinski definition) is 1. The van der Waals surface area contributed by atoms with Crippen LogP contribution in [0.5, 0.6) is 0 Å². The van der Waals surface area contributed by atoms with Gasteiger partial charge in [-0.25, -0.2) is 4.79 Å². The van der Waals surface area contributed by atoms with E-state index in [4.69, 9.17) is 16.0 Å². The quantitative estimate of drug-likeness (QED) is 0.435. The first kappa shape index (κ1) is 20.7. The number of methoxy groups -OCH3 is 1. The number of esters is 1. The van der Waals surface area contributed by atoms with E-state index < -0.39 is 5.97 Å². The summed E-state index contributed by atoms with van der Waals surface area (Å²) in [6.45, 7) is 0. The van der Waals surface area contributed by atoms with Crippen LogP contribution in [0, 0.1) is 11.3 Å². The van der Waals surface area contributed by atoms with Gasteiger partial charge in [0, 0.05) is 17.7 Å². The van der Waals surface area contributed by atoms with Crippen LogP contribution in [-0.2, 0) is 9.53 Å². The summed E-state index contributed by atoms with van der Waals surface area (Å²) < 4.78 is 10.4. The molecule has 0 atom stereocenters. The van der Waals surface area contributed by atoms with E-state index in [0.717, 1.165) is 25.7 Å². The molecule has 1 heterocycles. The molecule has 3 rings (SSSR count). The van der Waals surface area contributed by atoms with Crippen molar-refractivity contribution in [3.8, 4) is 17.4 Å². The molecule has 1 aromatic carbocycles. The molecule has 0 unspecified atom stereocenters. The molecule has 6 nitrogen and oxygen atoms in total. The van der Waals surface area contributed by atoms with Crippen LogP contribution in [0.25, 0.3) is 17.4 Å². The lowest BCUT2D eigenvalue weighted by atomic mass is 9.95. The standard InChI is InChI=1S/C22H21ClN2O4/c1-28-22(27)18-9-7-14(12-19(18)23)20-10-8-17(29-20)11-15(13-24)21(26)25-16-5-3-2-4-6-16/h7-12,16H,2-6H2,1H3,(H,25,26)/b15-11-. The average Bonchev–Trinajstić information content (AvgIpc) is 3.20. The number of benzene rings is 1. The summed E-state index contributed by atoms with van der Waals surface area (Å²) in [5, 5.41) is 12.5. The molecule has 1 aliphatic rings. The van der Waals surface area contributed by atoms with E-state index in [0.29, 0.717) is 17.1 Å². The van der Waals surface area contributed by atoms with E-state index >= 15 is 0 Å². The molecule has 0 aliphatic heterocycles. The van der Waals surface area contributed by atoms with Gasteiger partial charge in [0.05, 0.1) is 17.7 Å². The predicted molar refractivity (Wildman–Crippen MR) is 109 cm³/mol. The molecule has 0 saturated heterocycles. The number of carbonyl (C=O) groups is 2. The summed E-state index contributed by atoms with van der Waals surface area (Å²) in [6.07, 6.45) is 6.68. The van der Waals surface area contributed by atoms with Crippen molar-refractivity contribution >= 4 is 29.6 Å². The molecule has 1 saturated carbocycles. The van der Waals surface area contributed by atoms with E-state index in [1.807, 2.05) is 6.07 Å². The molecule has 0 spiro atoms. The first-order valence-electron chi connectivity index (χ1n) is 9.42. The number of ether oxygens (including phenoxy) is 1. The maximum atomic E-state index is 12.4. The maximum absolute atomic E-state index is 12.4. The molecule has 2 aromatic rings. The molecule has 0 bridgehead atoms. The van der Waals surface area contributed by atoms with E-state index in [2.05, 4.69) is 10.1 Å². The third-order valence-corrected chi connectivity index (χ3v) is 5.19. The van der Waals surface area contributed by atoms with Gasteiger partial charge in [-0.3, -0.25) is 4.79 Å². The molecule has 1 N–H and O–H groups in total. The summed E-state index contributed by atoms with van der Waals surface area (Å²) in [7, 11) is 1.29. The zero-order valence-corrected chi connectivity index (χ0v) is 16.8. The highest BCUT2D eigenvalue weighted by atomic mass is 35.5. The van der Waals surface area contributed by atoms with Gasteiger partial charge < -0.3 is 14.5 Å². The van der Waals surface area contributed by atoms with Gasteiger partial charge in [0.15, 0.2) is 0 Å². The smallest absolute Gasteiger partial charge is 0.339 e. The van der Waals surface area contributed by atoms with Gasteiger partial charge in [0.2, 0.25) is 0 Å². The Balaban J connectivity index is 1.76.